The smallest absolute Gasteiger partial charge is 0.174 e. The zero-order chi connectivity index (χ0) is 14.2. The molecule has 3 nitrogen and oxygen atoms in total. The Morgan fingerprint density at radius 1 is 1.35 bits per heavy atom. The molecule has 0 amide bonds. The number of nitrogens with one attached hydrogen (secondary N) is 1. The van der Waals surface area contributed by atoms with E-state index < -0.39 is 0 Å². The second-order valence-electron chi connectivity index (χ2n) is 5.66. The van der Waals surface area contributed by atoms with Gasteiger partial charge >= 0.3 is 0 Å². The molecule has 0 bridgehead atoms. The van der Waals surface area contributed by atoms with E-state index in [1.165, 1.54) is 37.7 Å². The highest BCUT2D eigenvalue weighted by Crippen LogP contribution is 2.26. The van der Waals surface area contributed by atoms with Crippen LogP contribution in [0.15, 0.2) is 24.3 Å². The van der Waals surface area contributed by atoms with Gasteiger partial charge in [0.05, 0.1) is 0 Å². The van der Waals surface area contributed by atoms with Gasteiger partial charge in [0.1, 0.15) is 11.8 Å². The minimum absolute atomic E-state index is 0.107. The van der Waals surface area contributed by atoms with E-state index in [1.807, 2.05) is 24.3 Å². The largest absolute Gasteiger partial charge is 0.479 e. The van der Waals surface area contributed by atoms with Crippen molar-refractivity contribution in [3.8, 4) is 11.8 Å². The molecule has 1 N–H and O–H groups in total. The van der Waals surface area contributed by atoms with E-state index >= 15 is 0 Å². The average molecular weight is 272 g/mol. The quantitative estimate of drug-likeness (QED) is 0.859. The second-order valence-corrected chi connectivity index (χ2v) is 5.66. The van der Waals surface area contributed by atoms with E-state index in [0.717, 1.165) is 18.2 Å². The Balaban J connectivity index is 1.82. The fourth-order valence-corrected chi connectivity index (χ4v) is 2.94. The molecule has 0 radical (unpaired) electrons. The lowest BCUT2D eigenvalue weighted by Crippen LogP contribution is -2.34. The summed E-state index contributed by atoms with van der Waals surface area (Å²) < 4.78 is 5.33. The molecule has 0 unspecified atom stereocenters. The summed E-state index contributed by atoms with van der Waals surface area (Å²) in [6.07, 6.45) is 6.89. The van der Waals surface area contributed by atoms with Crippen LogP contribution in [0.4, 0.5) is 0 Å². The molecule has 1 saturated carbocycles. The lowest BCUT2D eigenvalue weighted by molar-refractivity contribution is 0.280. The number of rotatable bonds is 6. The summed E-state index contributed by atoms with van der Waals surface area (Å²) in [7, 11) is 0. The predicted octanol–water partition coefficient (Wildman–Crippen LogP) is 3.65. The van der Waals surface area contributed by atoms with Crippen LogP contribution in [-0.2, 0) is 6.54 Å². The third kappa shape index (κ3) is 4.54. The van der Waals surface area contributed by atoms with Crippen molar-refractivity contribution in [2.45, 2.75) is 51.6 Å². The van der Waals surface area contributed by atoms with Crippen LogP contribution in [0.1, 0.15) is 44.6 Å². The number of nitriles is 1. The summed E-state index contributed by atoms with van der Waals surface area (Å²) in [4.78, 5) is 0. The molecular formula is C17H24N2O. The highest BCUT2D eigenvalue weighted by Gasteiger charge is 2.19. The minimum Gasteiger partial charge on any atom is -0.479 e. The number of hydrogen-bond donors (Lipinski definition) is 1. The third-order valence-corrected chi connectivity index (χ3v) is 4.19. The summed E-state index contributed by atoms with van der Waals surface area (Å²) in [6.45, 7) is 3.27. The van der Waals surface area contributed by atoms with Crippen LogP contribution in [0, 0.1) is 17.2 Å². The molecule has 1 aliphatic rings. The van der Waals surface area contributed by atoms with Crippen LogP contribution in [0.2, 0.25) is 0 Å². The molecule has 0 heterocycles. The van der Waals surface area contributed by atoms with Crippen molar-refractivity contribution in [1.82, 2.24) is 5.32 Å². The molecule has 1 aromatic carbocycles. The highest BCUT2D eigenvalue weighted by atomic mass is 16.5. The monoisotopic (exact) mass is 272 g/mol. The topological polar surface area (TPSA) is 45.0 Å². The molecule has 1 fully saturated rings. The van der Waals surface area contributed by atoms with Crippen molar-refractivity contribution in [1.29, 1.82) is 5.26 Å². The maximum Gasteiger partial charge on any atom is 0.174 e. The van der Waals surface area contributed by atoms with Crippen LogP contribution < -0.4 is 10.1 Å². The van der Waals surface area contributed by atoms with Gasteiger partial charge in [-0.1, -0.05) is 31.4 Å². The van der Waals surface area contributed by atoms with Crippen LogP contribution in [0.25, 0.3) is 0 Å². The van der Waals surface area contributed by atoms with Gasteiger partial charge in [-0.3, -0.25) is 0 Å². The van der Waals surface area contributed by atoms with Gasteiger partial charge in [0.15, 0.2) is 6.61 Å². The molecule has 0 spiro atoms. The van der Waals surface area contributed by atoms with E-state index in [-0.39, 0.29) is 6.61 Å². The average Bonchev–Trinajstić information content (AvgIpc) is 2.52. The molecule has 20 heavy (non-hydrogen) atoms. The molecular weight excluding hydrogens is 248 g/mol. The van der Waals surface area contributed by atoms with Crippen molar-refractivity contribution in [2.75, 3.05) is 6.61 Å². The van der Waals surface area contributed by atoms with Gasteiger partial charge in [-0.2, -0.15) is 5.26 Å². The lowest BCUT2D eigenvalue weighted by Gasteiger charge is -2.28. The van der Waals surface area contributed by atoms with Crippen molar-refractivity contribution < 1.29 is 4.74 Å². The summed E-state index contributed by atoms with van der Waals surface area (Å²) in [6, 6.07) is 10.5. The van der Waals surface area contributed by atoms with Crippen LogP contribution in [-0.4, -0.2) is 12.6 Å². The van der Waals surface area contributed by atoms with Crippen molar-refractivity contribution in [3.05, 3.63) is 29.8 Å². The Morgan fingerprint density at radius 3 is 2.90 bits per heavy atom. The second kappa shape index (κ2) is 7.91. The summed E-state index contributed by atoms with van der Waals surface area (Å²) >= 11 is 0. The van der Waals surface area contributed by atoms with Crippen LogP contribution in [0.3, 0.4) is 0 Å². The summed E-state index contributed by atoms with van der Waals surface area (Å²) in [5.41, 5.74) is 1.21. The maximum absolute atomic E-state index is 8.53. The van der Waals surface area contributed by atoms with E-state index in [9.17, 15) is 0 Å². The number of hydrogen-bond acceptors (Lipinski definition) is 3. The predicted molar refractivity (Wildman–Crippen MR) is 80.4 cm³/mol. The molecule has 108 valence electrons. The number of benzene rings is 1. The third-order valence-electron chi connectivity index (χ3n) is 4.19. The Labute approximate surface area is 121 Å². The summed E-state index contributed by atoms with van der Waals surface area (Å²) in [5, 5.41) is 12.2. The first-order chi connectivity index (χ1) is 9.79. The van der Waals surface area contributed by atoms with E-state index in [0.29, 0.717) is 6.04 Å². The van der Waals surface area contributed by atoms with E-state index in [2.05, 4.69) is 18.3 Å². The van der Waals surface area contributed by atoms with Crippen LogP contribution in [0.5, 0.6) is 5.75 Å². The van der Waals surface area contributed by atoms with Gasteiger partial charge in [0, 0.05) is 12.6 Å². The summed E-state index contributed by atoms with van der Waals surface area (Å²) in [5.74, 6) is 1.60. The van der Waals surface area contributed by atoms with Gasteiger partial charge in [-0.25, -0.2) is 0 Å². The SMILES string of the molecule is C[C@H](NCc1cccc(OCC#N)c1)C1CCCCC1. The molecule has 0 aliphatic heterocycles. The van der Waals surface area contributed by atoms with Gasteiger partial charge in [0.25, 0.3) is 0 Å². The normalized spacial score (nSPS) is 17.4. The zero-order valence-corrected chi connectivity index (χ0v) is 12.3. The van der Waals surface area contributed by atoms with Gasteiger partial charge in [-0.15, -0.1) is 0 Å². The van der Waals surface area contributed by atoms with Gasteiger partial charge < -0.3 is 10.1 Å². The molecule has 2 rings (SSSR count). The van der Waals surface area contributed by atoms with Crippen LogP contribution >= 0.6 is 0 Å². The zero-order valence-electron chi connectivity index (χ0n) is 12.3. The van der Waals surface area contributed by atoms with E-state index in [1.54, 1.807) is 0 Å². The first-order valence-corrected chi connectivity index (χ1v) is 7.61. The standard InChI is InChI=1S/C17H24N2O/c1-14(16-7-3-2-4-8-16)19-13-15-6-5-9-17(12-15)20-11-10-18/h5-6,9,12,14,16,19H,2-4,7-8,11,13H2,1H3/t14-/m0/s1. The number of ether oxygens (including phenoxy) is 1. The fourth-order valence-electron chi connectivity index (χ4n) is 2.94. The van der Waals surface area contributed by atoms with Crippen molar-refractivity contribution >= 4 is 0 Å². The Hall–Kier alpha value is -1.53. The Kier molecular flexibility index (Phi) is 5.88. The molecule has 0 saturated heterocycles. The Morgan fingerprint density at radius 2 is 2.15 bits per heavy atom. The van der Waals surface area contributed by atoms with E-state index in [4.69, 9.17) is 10.00 Å². The molecule has 3 heteroatoms. The fraction of sp³-hybridized carbons (Fsp3) is 0.588. The maximum atomic E-state index is 8.53. The van der Waals surface area contributed by atoms with Crippen molar-refractivity contribution in [3.63, 3.8) is 0 Å². The first-order valence-electron chi connectivity index (χ1n) is 7.61. The van der Waals surface area contributed by atoms with Gasteiger partial charge in [-0.05, 0) is 43.4 Å². The molecule has 0 aromatic heterocycles. The first kappa shape index (κ1) is 14.9. The molecule has 1 atom stereocenters. The van der Waals surface area contributed by atoms with Crippen molar-refractivity contribution in [2.24, 2.45) is 5.92 Å². The number of nitrogens with zero attached hydrogens (tertiary/aromatic N) is 1. The minimum atomic E-state index is 0.107. The molecule has 1 aromatic rings. The molecule has 1 aliphatic carbocycles. The Bertz CT molecular complexity index is 447. The lowest BCUT2D eigenvalue weighted by atomic mass is 9.84. The highest BCUT2D eigenvalue weighted by molar-refractivity contribution is 5.28. The van der Waals surface area contributed by atoms with Gasteiger partial charge in [0.2, 0.25) is 0 Å².